The summed E-state index contributed by atoms with van der Waals surface area (Å²) in [5.74, 6) is 0.772. The van der Waals surface area contributed by atoms with Crippen molar-refractivity contribution in [2.75, 3.05) is 19.6 Å². The summed E-state index contributed by atoms with van der Waals surface area (Å²) in [6.45, 7) is 4.94. The average molecular weight is 216 g/mol. The van der Waals surface area contributed by atoms with Gasteiger partial charge in [0.1, 0.15) is 0 Å². The minimum Gasteiger partial charge on any atom is -0.289 e. The van der Waals surface area contributed by atoms with Gasteiger partial charge in [-0.2, -0.15) is 5.26 Å². The molecule has 1 aliphatic rings. The summed E-state index contributed by atoms with van der Waals surface area (Å²) in [5.41, 5.74) is 0. The van der Waals surface area contributed by atoms with Gasteiger partial charge >= 0.3 is 0 Å². The number of nitrogens with zero attached hydrogens (tertiary/aromatic N) is 2. The molecule has 2 nitrogen and oxygen atoms in total. The van der Waals surface area contributed by atoms with E-state index < -0.39 is 0 Å². The van der Waals surface area contributed by atoms with Crippen molar-refractivity contribution in [3.8, 4) is 6.07 Å². The van der Waals surface area contributed by atoms with Gasteiger partial charge in [-0.25, -0.2) is 0 Å². The molecule has 0 bridgehead atoms. The van der Waals surface area contributed by atoms with Crippen molar-refractivity contribution in [3.63, 3.8) is 0 Å². The minimum atomic E-state index is 0.567. The molecule has 1 aliphatic heterocycles. The van der Waals surface area contributed by atoms with Crippen molar-refractivity contribution in [2.45, 2.75) is 25.0 Å². The quantitative estimate of drug-likeness (QED) is 0.435. The summed E-state index contributed by atoms with van der Waals surface area (Å²) in [4.78, 5) is 2.23. The summed E-state index contributed by atoms with van der Waals surface area (Å²) in [7, 11) is 1.64. The monoisotopic (exact) mass is 216 g/mol. The van der Waals surface area contributed by atoms with Crippen LogP contribution in [0.1, 0.15) is 19.8 Å². The Balaban J connectivity index is 2.46. The predicted molar refractivity (Wildman–Crippen MR) is 60.8 cm³/mol. The minimum absolute atomic E-state index is 0.567. The second kappa shape index (κ2) is 5.79. The molecule has 1 heterocycles. The fourth-order valence-corrected chi connectivity index (χ4v) is 2.89. The number of hydrogen-bond donors (Lipinski definition) is 1. The summed E-state index contributed by atoms with van der Waals surface area (Å²) in [5, 5.41) is 9.21. The molecule has 0 spiro atoms. The van der Waals surface area contributed by atoms with Crippen LogP contribution in [-0.4, -0.2) is 29.8 Å². The Labute approximate surface area is 89.5 Å². The van der Waals surface area contributed by atoms with E-state index in [4.69, 9.17) is 5.26 Å². The predicted octanol–water partition coefficient (Wildman–Crippen LogP) is 2.19. The van der Waals surface area contributed by atoms with E-state index in [1.165, 1.54) is 12.8 Å². The molecule has 0 amide bonds. The molecule has 0 aliphatic carbocycles. The van der Waals surface area contributed by atoms with E-state index in [0.717, 1.165) is 19.0 Å². The molecule has 1 fully saturated rings. The lowest BCUT2D eigenvalue weighted by Gasteiger charge is -2.19. The van der Waals surface area contributed by atoms with Gasteiger partial charge in [-0.15, -0.1) is 11.7 Å². The number of thiol groups is 1. The van der Waals surface area contributed by atoms with Crippen LogP contribution in [0.4, 0.5) is 0 Å². The summed E-state index contributed by atoms with van der Waals surface area (Å²) in [6, 6.07) is 2.22. The van der Waals surface area contributed by atoms with E-state index in [2.05, 4.69) is 29.6 Å². The van der Waals surface area contributed by atoms with E-state index in [1.807, 2.05) is 0 Å². The second-order valence-electron chi connectivity index (χ2n) is 3.75. The molecule has 0 radical (unpaired) electrons. The van der Waals surface area contributed by atoms with Crippen molar-refractivity contribution < 1.29 is 0 Å². The third-order valence-electron chi connectivity index (χ3n) is 2.51. The molecular weight excluding hydrogens is 200 g/mol. The van der Waals surface area contributed by atoms with Gasteiger partial charge < -0.3 is 0 Å². The maximum Gasteiger partial charge on any atom is 0.0866 e. The topological polar surface area (TPSA) is 27.0 Å². The Kier molecular flexibility index (Phi) is 5.00. The van der Waals surface area contributed by atoms with Crippen molar-refractivity contribution in [1.82, 2.24) is 4.90 Å². The summed E-state index contributed by atoms with van der Waals surface area (Å²) in [6.07, 6.45) is 2.45. The summed E-state index contributed by atoms with van der Waals surface area (Å²) >= 11 is 4.27. The first-order valence-corrected chi connectivity index (χ1v) is 6.59. The molecule has 74 valence electrons. The standard InChI is InChI=1S/C9H16N2S2/c1-8-2-4-11(5-3-10)7-9(6-8)13-12/h8-9,12H,2,4-7H2,1H3. The highest BCUT2D eigenvalue weighted by molar-refractivity contribution is 8.68. The molecular formula is C9H16N2S2. The van der Waals surface area contributed by atoms with E-state index in [-0.39, 0.29) is 0 Å². The highest BCUT2D eigenvalue weighted by Gasteiger charge is 2.21. The van der Waals surface area contributed by atoms with Gasteiger partial charge in [0.2, 0.25) is 0 Å². The molecule has 0 N–H and O–H groups in total. The van der Waals surface area contributed by atoms with Gasteiger partial charge in [-0.1, -0.05) is 17.7 Å². The first kappa shape index (κ1) is 11.2. The van der Waals surface area contributed by atoms with Crippen LogP contribution >= 0.6 is 22.5 Å². The van der Waals surface area contributed by atoms with Crippen LogP contribution in [0, 0.1) is 17.2 Å². The molecule has 0 aromatic carbocycles. The first-order valence-electron chi connectivity index (χ1n) is 4.65. The zero-order chi connectivity index (χ0) is 9.68. The van der Waals surface area contributed by atoms with Gasteiger partial charge in [-0.3, -0.25) is 4.90 Å². The van der Waals surface area contributed by atoms with Gasteiger partial charge in [0.15, 0.2) is 0 Å². The highest BCUT2D eigenvalue weighted by atomic mass is 33.1. The van der Waals surface area contributed by atoms with Crippen LogP contribution in [0.5, 0.6) is 0 Å². The molecule has 0 aromatic heterocycles. The molecule has 4 heteroatoms. The summed E-state index contributed by atoms with van der Waals surface area (Å²) < 4.78 is 0. The normalized spacial score (nSPS) is 30.8. The van der Waals surface area contributed by atoms with E-state index in [0.29, 0.717) is 11.8 Å². The maximum atomic E-state index is 8.62. The molecule has 0 aromatic rings. The van der Waals surface area contributed by atoms with Crippen LogP contribution < -0.4 is 0 Å². The Hall–Kier alpha value is 0.150. The van der Waals surface area contributed by atoms with Gasteiger partial charge in [0.05, 0.1) is 12.6 Å². The lowest BCUT2D eigenvalue weighted by atomic mass is 10.0. The lowest BCUT2D eigenvalue weighted by Crippen LogP contribution is -2.29. The van der Waals surface area contributed by atoms with Gasteiger partial charge in [0.25, 0.3) is 0 Å². The molecule has 2 atom stereocenters. The van der Waals surface area contributed by atoms with Gasteiger partial charge in [0, 0.05) is 11.8 Å². The zero-order valence-corrected chi connectivity index (χ0v) is 9.65. The van der Waals surface area contributed by atoms with E-state index >= 15 is 0 Å². The highest BCUT2D eigenvalue weighted by Crippen LogP contribution is 2.27. The molecule has 2 unspecified atom stereocenters. The van der Waals surface area contributed by atoms with Crippen LogP contribution in [0.2, 0.25) is 0 Å². The third kappa shape index (κ3) is 3.80. The van der Waals surface area contributed by atoms with Crippen molar-refractivity contribution in [1.29, 1.82) is 5.26 Å². The van der Waals surface area contributed by atoms with Crippen molar-refractivity contribution in [2.24, 2.45) is 5.92 Å². The number of likely N-dealkylation sites (tertiary alicyclic amines) is 1. The van der Waals surface area contributed by atoms with Crippen LogP contribution in [-0.2, 0) is 0 Å². The Morgan fingerprint density at radius 3 is 3.08 bits per heavy atom. The molecule has 0 saturated carbocycles. The largest absolute Gasteiger partial charge is 0.289 e. The van der Waals surface area contributed by atoms with Crippen molar-refractivity contribution >= 4 is 22.5 Å². The number of nitriles is 1. The third-order valence-corrected chi connectivity index (χ3v) is 4.04. The molecule has 1 rings (SSSR count). The molecule has 13 heavy (non-hydrogen) atoms. The van der Waals surface area contributed by atoms with E-state index in [1.54, 1.807) is 10.8 Å². The Morgan fingerprint density at radius 1 is 1.69 bits per heavy atom. The first-order chi connectivity index (χ1) is 6.26. The fraction of sp³-hybridized carbons (Fsp3) is 0.889. The van der Waals surface area contributed by atoms with Crippen LogP contribution in [0.25, 0.3) is 0 Å². The maximum absolute atomic E-state index is 8.62. The lowest BCUT2D eigenvalue weighted by molar-refractivity contribution is 0.317. The SMILES string of the molecule is CC1CCN(CC#N)CC(SS)C1. The van der Waals surface area contributed by atoms with Crippen LogP contribution in [0.15, 0.2) is 0 Å². The second-order valence-corrected chi connectivity index (χ2v) is 5.26. The Morgan fingerprint density at radius 2 is 2.46 bits per heavy atom. The smallest absolute Gasteiger partial charge is 0.0866 e. The fourth-order valence-electron chi connectivity index (χ4n) is 1.74. The Bertz CT molecular complexity index is 191. The zero-order valence-electron chi connectivity index (χ0n) is 7.94. The molecule has 1 saturated heterocycles. The average Bonchev–Trinajstić information content (AvgIpc) is 2.29. The van der Waals surface area contributed by atoms with Crippen molar-refractivity contribution in [3.05, 3.63) is 0 Å². The van der Waals surface area contributed by atoms with Gasteiger partial charge in [-0.05, 0) is 25.3 Å². The van der Waals surface area contributed by atoms with E-state index in [9.17, 15) is 0 Å². The van der Waals surface area contributed by atoms with Crippen LogP contribution in [0.3, 0.4) is 0 Å². The number of hydrogen-bond acceptors (Lipinski definition) is 4. The number of rotatable bonds is 2.